The maximum absolute atomic E-state index is 12.2. The van der Waals surface area contributed by atoms with Gasteiger partial charge in [0.05, 0.1) is 17.0 Å². The number of imidazole rings is 1. The van der Waals surface area contributed by atoms with Crippen LogP contribution >= 0.6 is 27.5 Å². The van der Waals surface area contributed by atoms with Crippen LogP contribution in [0.25, 0.3) is 11.2 Å². The zero-order valence-electron chi connectivity index (χ0n) is 14.7. The number of phenols is 1. The van der Waals surface area contributed by atoms with Gasteiger partial charge in [-0.3, -0.25) is 18.7 Å². The van der Waals surface area contributed by atoms with Crippen LogP contribution < -0.4 is 16.7 Å². The number of nitrogens with zero attached hydrogens (tertiary/aromatic N) is 5. The molecule has 0 radical (unpaired) electrons. The number of hydrazone groups is 1. The van der Waals surface area contributed by atoms with Crippen LogP contribution in [0.2, 0.25) is 5.02 Å². The largest absolute Gasteiger partial charge is 0.506 e. The van der Waals surface area contributed by atoms with Gasteiger partial charge in [-0.25, -0.2) is 15.2 Å². The van der Waals surface area contributed by atoms with Crippen molar-refractivity contribution < 1.29 is 9.90 Å². The fourth-order valence-corrected chi connectivity index (χ4v) is 3.44. The van der Waals surface area contributed by atoms with Crippen LogP contribution in [0.3, 0.4) is 0 Å². The first-order valence-electron chi connectivity index (χ1n) is 7.81. The molecule has 2 aromatic heterocycles. The molecule has 0 bridgehead atoms. The van der Waals surface area contributed by atoms with Gasteiger partial charge in [0.25, 0.3) is 11.5 Å². The van der Waals surface area contributed by atoms with E-state index in [4.69, 9.17) is 11.6 Å². The fourth-order valence-electron chi connectivity index (χ4n) is 2.60. The molecule has 28 heavy (non-hydrogen) atoms. The van der Waals surface area contributed by atoms with Crippen LogP contribution in [-0.4, -0.2) is 35.9 Å². The first-order valence-corrected chi connectivity index (χ1v) is 8.98. The van der Waals surface area contributed by atoms with Crippen LogP contribution in [0.4, 0.5) is 0 Å². The molecule has 2 N–H and O–H groups in total. The molecule has 146 valence electrons. The number of phenolic OH excluding ortho intramolecular Hbond substituents is 1. The van der Waals surface area contributed by atoms with Gasteiger partial charge >= 0.3 is 5.69 Å². The van der Waals surface area contributed by atoms with Crippen LogP contribution in [0.1, 0.15) is 5.56 Å². The number of hydrogen-bond acceptors (Lipinski definition) is 6. The lowest BCUT2D eigenvalue weighted by atomic mass is 10.2. The zero-order valence-corrected chi connectivity index (χ0v) is 17.0. The van der Waals surface area contributed by atoms with E-state index >= 15 is 0 Å². The van der Waals surface area contributed by atoms with Crippen molar-refractivity contribution in [2.75, 3.05) is 0 Å². The second kappa shape index (κ2) is 7.60. The molecule has 0 atom stereocenters. The van der Waals surface area contributed by atoms with Crippen molar-refractivity contribution in [1.29, 1.82) is 0 Å². The van der Waals surface area contributed by atoms with E-state index in [2.05, 4.69) is 31.4 Å². The Kier molecular flexibility index (Phi) is 5.38. The molecule has 0 aliphatic carbocycles. The number of halogens is 2. The number of fused-ring (bicyclic) bond motifs is 1. The average Bonchev–Trinajstić information content (AvgIpc) is 3.05. The van der Waals surface area contributed by atoms with Crippen molar-refractivity contribution in [2.45, 2.75) is 6.54 Å². The highest BCUT2D eigenvalue weighted by Gasteiger charge is 2.15. The summed E-state index contributed by atoms with van der Waals surface area (Å²) >= 11 is 9.06. The van der Waals surface area contributed by atoms with Crippen molar-refractivity contribution in [2.24, 2.45) is 19.2 Å². The molecule has 3 rings (SSSR count). The summed E-state index contributed by atoms with van der Waals surface area (Å²) < 4.78 is 3.94. The highest BCUT2D eigenvalue weighted by Crippen LogP contribution is 2.30. The first-order chi connectivity index (χ1) is 13.2. The van der Waals surface area contributed by atoms with Crippen LogP contribution in [0, 0.1) is 0 Å². The van der Waals surface area contributed by atoms with Gasteiger partial charge in [0, 0.05) is 24.7 Å². The molecular formula is C16H14BrClN6O4. The maximum atomic E-state index is 12.2. The molecule has 2 heterocycles. The van der Waals surface area contributed by atoms with Gasteiger partial charge < -0.3 is 9.67 Å². The summed E-state index contributed by atoms with van der Waals surface area (Å²) in [6.45, 7) is -0.223. The lowest BCUT2D eigenvalue weighted by molar-refractivity contribution is -0.121. The minimum Gasteiger partial charge on any atom is -0.506 e. The lowest BCUT2D eigenvalue weighted by Gasteiger charge is -2.08. The molecule has 0 saturated heterocycles. The van der Waals surface area contributed by atoms with E-state index in [1.54, 1.807) is 0 Å². The van der Waals surface area contributed by atoms with E-state index in [1.807, 2.05) is 0 Å². The number of aryl methyl sites for hydroxylation is 1. The van der Waals surface area contributed by atoms with Gasteiger partial charge in [-0.15, -0.1) is 0 Å². The Bertz CT molecular complexity index is 1240. The average molecular weight is 470 g/mol. The number of nitrogens with one attached hydrogen (secondary N) is 1. The van der Waals surface area contributed by atoms with Gasteiger partial charge in [-0.05, 0) is 28.1 Å². The summed E-state index contributed by atoms with van der Waals surface area (Å²) in [6, 6.07) is 3.00. The second-order valence-corrected chi connectivity index (χ2v) is 7.16. The quantitative estimate of drug-likeness (QED) is 0.430. The van der Waals surface area contributed by atoms with Crippen molar-refractivity contribution in [3.05, 3.63) is 54.4 Å². The van der Waals surface area contributed by atoms with Gasteiger partial charge in [0.15, 0.2) is 5.52 Å². The Balaban J connectivity index is 1.81. The van der Waals surface area contributed by atoms with Crippen LogP contribution in [0.15, 0.2) is 37.6 Å². The molecule has 1 aromatic carbocycles. The molecule has 0 unspecified atom stereocenters. The number of carbonyl (C=O) groups excluding carboxylic acids is 1. The maximum Gasteiger partial charge on any atom is 0.332 e. The Morgan fingerprint density at radius 1 is 1.36 bits per heavy atom. The van der Waals surface area contributed by atoms with Crippen molar-refractivity contribution in [1.82, 2.24) is 24.1 Å². The summed E-state index contributed by atoms with van der Waals surface area (Å²) in [5.74, 6) is -0.599. The molecule has 0 spiro atoms. The Morgan fingerprint density at radius 2 is 2.07 bits per heavy atom. The summed E-state index contributed by atoms with van der Waals surface area (Å²) in [5.41, 5.74) is 1.84. The minimum absolute atomic E-state index is 0.0751. The summed E-state index contributed by atoms with van der Waals surface area (Å²) in [5, 5.41) is 14.1. The number of amides is 1. The number of benzene rings is 1. The van der Waals surface area contributed by atoms with E-state index in [0.717, 1.165) is 4.57 Å². The second-order valence-electron chi connectivity index (χ2n) is 5.87. The molecular weight excluding hydrogens is 456 g/mol. The van der Waals surface area contributed by atoms with E-state index in [-0.39, 0.29) is 23.5 Å². The molecule has 12 heteroatoms. The summed E-state index contributed by atoms with van der Waals surface area (Å²) in [6.07, 6.45) is 2.54. The van der Waals surface area contributed by atoms with Crippen molar-refractivity contribution >= 4 is 50.8 Å². The van der Waals surface area contributed by atoms with Gasteiger partial charge in [-0.1, -0.05) is 11.6 Å². The zero-order chi connectivity index (χ0) is 20.6. The van der Waals surface area contributed by atoms with Crippen LogP contribution in [0.5, 0.6) is 5.75 Å². The number of hydrogen-bond donors (Lipinski definition) is 2. The number of rotatable bonds is 4. The van der Waals surface area contributed by atoms with E-state index in [9.17, 15) is 19.5 Å². The third kappa shape index (κ3) is 3.58. The smallest absolute Gasteiger partial charge is 0.332 e. The summed E-state index contributed by atoms with van der Waals surface area (Å²) in [7, 11) is 2.84. The van der Waals surface area contributed by atoms with Crippen LogP contribution in [-0.2, 0) is 25.4 Å². The van der Waals surface area contributed by atoms with Gasteiger partial charge in [0.1, 0.15) is 17.9 Å². The number of aromatic hydroxyl groups is 1. The predicted octanol–water partition coefficient (Wildman–Crippen LogP) is 0.705. The van der Waals surface area contributed by atoms with Gasteiger partial charge in [-0.2, -0.15) is 5.10 Å². The number of carbonyl (C=O) groups is 1. The minimum atomic E-state index is -0.544. The monoisotopic (exact) mass is 468 g/mol. The Labute approximate surface area is 170 Å². The standard InChI is InChI=1S/C16H14BrClN6O4/c1-22-14-12(15(27)23(2)16(22)28)19-7-24(14)6-11(25)21-20-5-8-3-9(18)4-10(17)13(8)26/h3-5,7,26H,6H2,1-2H3,(H,21,25)/b20-5-. The molecule has 0 fully saturated rings. The van der Waals surface area contributed by atoms with Crippen molar-refractivity contribution in [3.63, 3.8) is 0 Å². The molecule has 0 aliphatic rings. The fraction of sp³-hybridized carbons (Fsp3) is 0.188. The van der Waals surface area contributed by atoms with Gasteiger partial charge in [0.2, 0.25) is 0 Å². The third-order valence-corrected chi connectivity index (χ3v) is 4.80. The number of aromatic nitrogens is 4. The van der Waals surface area contributed by atoms with E-state index in [1.165, 1.54) is 47.9 Å². The highest BCUT2D eigenvalue weighted by molar-refractivity contribution is 9.10. The highest BCUT2D eigenvalue weighted by atomic mass is 79.9. The summed E-state index contributed by atoms with van der Waals surface area (Å²) in [4.78, 5) is 40.4. The molecule has 0 saturated carbocycles. The van der Waals surface area contributed by atoms with E-state index < -0.39 is 17.2 Å². The Hall–Kier alpha value is -2.92. The molecule has 10 nitrogen and oxygen atoms in total. The van der Waals surface area contributed by atoms with E-state index in [0.29, 0.717) is 15.1 Å². The van der Waals surface area contributed by atoms with Crippen molar-refractivity contribution in [3.8, 4) is 5.75 Å². The first kappa shape index (κ1) is 19.8. The Morgan fingerprint density at radius 3 is 2.79 bits per heavy atom. The lowest BCUT2D eigenvalue weighted by Crippen LogP contribution is -2.37. The molecule has 0 aliphatic heterocycles. The topological polar surface area (TPSA) is 124 Å². The predicted molar refractivity (Wildman–Crippen MR) is 107 cm³/mol. The molecule has 1 amide bonds. The SMILES string of the molecule is Cn1c(=O)c2ncn(CC(=O)N/N=C\c3cc(Cl)cc(Br)c3O)c2n(C)c1=O. The third-order valence-electron chi connectivity index (χ3n) is 3.97. The normalized spacial score (nSPS) is 11.4. The molecule has 3 aromatic rings.